The summed E-state index contributed by atoms with van der Waals surface area (Å²) < 4.78 is 16.2. The van der Waals surface area contributed by atoms with Gasteiger partial charge in [-0.05, 0) is 55.0 Å². The number of benzene rings is 2. The summed E-state index contributed by atoms with van der Waals surface area (Å²) in [6.07, 6.45) is 6.12. The van der Waals surface area contributed by atoms with Gasteiger partial charge in [0, 0.05) is 18.5 Å². The monoisotopic (exact) mass is 414 g/mol. The zero-order valence-corrected chi connectivity index (χ0v) is 18.1. The van der Waals surface area contributed by atoms with E-state index >= 15 is 0 Å². The molecule has 0 aliphatic heterocycles. The first-order chi connectivity index (χ1) is 14.7. The van der Waals surface area contributed by atoms with Crippen LogP contribution in [0.2, 0.25) is 0 Å². The van der Waals surface area contributed by atoms with Crippen LogP contribution in [-0.2, 0) is 9.53 Å². The molecule has 30 heavy (non-hydrogen) atoms. The highest BCUT2D eigenvalue weighted by Gasteiger charge is 2.03. The molecule has 0 heterocycles. The summed E-state index contributed by atoms with van der Waals surface area (Å²) in [5.74, 6) is 1.48. The van der Waals surface area contributed by atoms with Crippen molar-refractivity contribution in [1.82, 2.24) is 0 Å². The average molecular weight is 415 g/mol. The van der Waals surface area contributed by atoms with Gasteiger partial charge in [0.25, 0.3) is 0 Å². The molecule has 0 spiro atoms. The van der Waals surface area contributed by atoms with Crippen molar-refractivity contribution < 1.29 is 19.0 Å². The fourth-order valence-electron chi connectivity index (χ4n) is 2.83. The number of ether oxygens (including phenoxy) is 3. The second-order valence-electron chi connectivity index (χ2n) is 7.05. The largest absolute Gasteiger partial charge is 0.494 e. The molecule has 0 aromatic heterocycles. The Bertz CT molecular complexity index is 717. The smallest absolute Gasteiger partial charge is 0.243 e. The minimum atomic E-state index is -0.115. The summed E-state index contributed by atoms with van der Waals surface area (Å²) >= 11 is 0. The van der Waals surface area contributed by atoms with Crippen molar-refractivity contribution in [1.29, 1.82) is 0 Å². The number of hydrogen-bond acceptors (Lipinski definition) is 5. The fraction of sp³-hybridized carbons (Fsp3) is 0.458. The highest BCUT2D eigenvalue weighted by atomic mass is 16.5. The van der Waals surface area contributed by atoms with Crippen molar-refractivity contribution >= 4 is 17.3 Å². The Morgan fingerprint density at radius 3 is 2.00 bits per heavy atom. The van der Waals surface area contributed by atoms with Gasteiger partial charge in [-0.25, -0.2) is 0 Å². The first kappa shape index (κ1) is 23.5. The quantitative estimate of drug-likeness (QED) is 0.396. The molecule has 6 nitrogen and oxygen atoms in total. The van der Waals surface area contributed by atoms with Gasteiger partial charge < -0.3 is 24.8 Å². The maximum absolute atomic E-state index is 12.2. The number of carbonyl (C=O) groups is 1. The van der Waals surface area contributed by atoms with Gasteiger partial charge in [-0.2, -0.15) is 0 Å². The molecule has 1 amide bonds. The summed E-state index contributed by atoms with van der Waals surface area (Å²) in [7, 11) is 1.63. The van der Waals surface area contributed by atoms with E-state index in [2.05, 4.69) is 17.6 Å². The van der Waals surface area contributed by atoms with E-state index in [4.69, 9.17) is 14.2 Å². The van der Waals surface area contributed by atoms with Crippen molar-refractivity contribution in [3.63, 3.8) is 0 Å². The minimum Gasteiger partial charge on any atom is -0.494 e. The zero-order chi connectivity index (χ0) is 21.4. The molecule has 0 bridgehead atoms. The SMILES string of the molecule is CCCCCCCOc1ccc(NCC(=O)Nc2ccc(OCCOC)cc2)cc1. The molecule has 2 rings (SSSR count). The van der Waals surface area contributed by atoms with E-state index in [9.17, 15) is 4.79 Å². The van der Waals surface area contributed by atoms with Gasteiger partial charge >= 0.3 is 0 Å². The molecule has 0 saturated heterocycles. The average Bonchev–Trinajstić information content (AvgIpc) is 2.77. The van der Waals surface area contributed by atoms with Crippen LogP contribution in [-0.4, -0.2) is 39.4 Å². The summed E-state index contributed by atoms with van der Waals surface area (Å²) in [6, 6.07) is 15.0. The van der Waals surface area contributed by atoms with Crippen molar-refractivity contribution in [3.8, 4) is 11.5 Å². The molecule has 2 aromatic rings. The second kappa shape index (κ2) is 14.3. The standard InChI is InChI=1S/C24H34N2O4/c1-3-4-5-6-7-16-29-22-12-8-20(9-13-22)25-19-24(27)26-21-10-14-23(15-11-21)30-18-17-28-2/h8-15,25H,3-7,16-19H2,1-2H3,(H,26,27). The number of unbranched alkanes of at least 4 members (excludes halogenated alkanes) is 4. The van der Waals surface area contributed by atoms with E-state index in [1.54, 1.807) is 7.11 Å². The molecule has 0 radical (unpaired) electrons. The van der Waals surface area contributed by atoms with Gasteiger partial charge in [-0.1, -0.05) is 32.6 Å². The molecule has 0 aliphatic carbocycles. The van der Waals surface area contributed by atoms with Crippen molar-refractivity contribution in [2.45, 2.75) is 39.0 Å². The van der Waals surface area contributed by atoms with Crippen LogP contribution in [0.25, 0.3) is 0 Å². The van der Waals surface area contributed by atoms with Gasteiger partial charge in [-0.3, -0.25) is 4.79 Å². The van der Waals surface area contributed by atoms with Crippen LogP contribution in [0.5, 0.6) is 11.5 Å². The molecular formula is C24H34N2O4. The van der Waals surface area contributed by atoms with Crippen molar-refractivity contribution in [3.05, 3.63) is 48.5 Å². The number of anilines is 2. The molecular weight excluding hydrogens is 380 g/mol. The van der Waals surface area contributed by atoms with Crippen LogP contribution >= 0.6 is 0 Å². The lowest BCUT2D eigenvalue weighted by Gasteiger charge is -2.10. The summed E-state index contributed by atoms with van der Waals surface area (Å²) in [6.45, 7) is 4.18. The Morgan fingerprint density at radius 2 is 1.37 bits per heavy atom. The van der Waals surface area contributed by atoms with Crippen LogP contribution in [0.15, 0.2) is 48.5 Å². The van der Waals surface area contributed by atoms with Crippen molar-refractivity contribution in [2.75, 3.05) is 44.1 Å². The number of nitrogens with one attached hydrogen (secondary N) is 2. The van der Waals surface area contributed by atoms with E-state index in [0.29, 0.717) is 13.2 Å². The lowest BCUT2D eigenvalue weighted by Crippen LogP contribution is -2.21. The highest BCUT2D eigenvalue weighted by molar-refractivity contribution is 5.93. The third-order valence-corrected chi connectivity index (χ3v) is 4.52. The van der Waals surface area contributed by atoms with E-state index in [-0.39, 0.29) is 12.5 Å². The molecule has 6 heteroatoms. The van der Waals surface area contributed by atoms with Gasteiger partial charge in [0.05, 0.1) is 19.8 Å². The van der Waals surface area contributed by atoms with Crippen LogP contribution in [0, 0.1) is 0 Å². The molecule has 0 saturated carbocycles. The van der Waals surface area contributed by atoms with Crippen LogP contribution in [0.3, 0.4) is 0 Å². The van der Waals surface area contributed by atoms with Gasteiger partial charge in [0.15, 0.2) is 0 Å². The van der Waals surface area contributed by atoms with E-state index < -0.39 is 0 Å². The van der Waals surface area contributed by atoms with Crippen LogP contribution < -0.4 is 20.1 Å². The molecule has 0 atom stereocenters. The van der Waals surface area contributed by atoms with Gasteiger partial charge in [0.2, 0.25) is 5.91 Å². The number of rotatable bonds is 15. The lowest BCUT2D eigenvalue weighted by molar-refractivity contribution is -0.114. The number of carbonyl (C=O) groups excluding carboxylic acids is 1. The highest BCUT2D eigenvalue weighted by Crippen LogP contribution is 2.17. The predicted molar refractivity (Wildman–Crippen MR) is 122 cm³/mol. The third kappa shape index (κ3) is 9.65. The Kier molecular flexibility index (Phi) is 11.2. The summed E-state index contributed by atoms with van der Waals surface area (Å²) in [4.78, 5) is 12.2. The maximum atomic E-state index is 12.2. The second-order valence-corrected chi connectivity index (χ2v) is 7.05. The fourth-order valence-corrected chi connectivity index (χ4v) is 2.83. The molecule has 0 unspecified atom stereocenters. The number of hydrogen-bond donors (Lipinski definition) is 2. The third-order valence-electron chi connectivity index (χ3n) is 4.52. The minimum absolute atomic E-state index is 0.115. The first-order valence-electron chi connectivity index (χ1n) is 10.7. The van der Waals surface area contributed by atoms with Gasteiger partial charge in [-0.15, -0.1) is 0 Å². The number of methoxy groups -OCH3 is 1. The Balaban J connectivity index is 1.65. The first-order valence-corrected chi connectivity index (χ1v) is 10.7. The Morgan fingerprint density at radius 1 is 0.767 bits per heavy atom. The maximum Gasteiger partial charge on any atom is 0.243 e. The lowest BCUT2D eigenvalue weighted by atomic mass is 10.2. The predicted octanol–water partition coefficient (Wildman–Crippen LogP) is 5.11. The molecule has 2 aromatic carbocycles. The van der Waals surface area contributed by atoms with Crippen LogP contribution in [0.4, 0.5) is 11.4 Å². The summed E-state index contributed by atoms with van der Waals surface area (Å²) in [5.41, 5.74) is 1.60. The molecule has 2 N–H and O–H groups in total. The molecule has 0 fully saturated rings. The van der Waals surface area contributed by atoms with E-state index in [1.165, 1.54) is 25.7 Å². The van der Waals surface area contributed by atoms with Crippen LogP contribution in [0.1, 0.15) is 39.0 Å². The van der Waals surface area contributed by atoms with Gasteiger partial charge in [0.1, 0.15) is 18.1 Å². The number of amides is 1. The molecule has 0 aliphatic rings. The molecule has 164 valence electrons. The Labute approximate surface area is 179 Å². The zero-order valence-electron chi connectivity index (χ0n) is 18.1. The Hall–Kier alpha value is -2.73. The van der Waals surface area contributed by atoms with E-state index in [0.717, 1.165) is 35.9 Å². The van der Waals surface area contributed by atoms with E-state index in [1.807, 2.05) is 48.5 Å². The topological polar surface area (TPSA) is 68.8 Å². The normalized spacial score (nSPS) is 10.5. The van der Waals surface area contributed by atoms with Crippen molar-refractivity contribution in [2.24, 2.45) is 0 Å². The summed E-state index contributed by atoms with van der Waals surface area (Å²) in [5, 5.41) is 5.98.